The van der Waals surface area contributed by atoms with E-state index in [1.54, 1.807) is 12.4 Å². The van der Waals surface area contributed by atoms with E-state index in [4.69, 9.17) is 5.73 Å². The summed E-state index contributed by atoms with van der Waals surface area (Å²) >= 11 is 4.65. The lowest BCUT2D eigenvalue weighted by molar-refractivity contribution is 0.971. The Labute approximate surface area is 93.8 Å². The number of hydrogen-bond donors (Lipinski definition) is 2. The van der Waals surface area contributed by atoms with Crippen molar-refractivity contribution >= 4 is 23.0 Å². The molecule has 80 valence electrons. The summed E-state index contributed by atoms with van der Waals surface area (Å²) in [6.07, 6.45) is 4.11. The highest BCUT2D eigenvalue weighted by Gasteiger charge is 2.05. The lowest BCUT2D eigenvalue weighted by Gasteiger charge is -2.04. The molecule has 0 spiro atoms. The number of hydrogen-bond acceptors (Lipinski definition) is 4. The van der Waals surface area contributed by atoms with Crippen molar-refractivity contribution in [2.75, 3.05) is 0 Å². The molecule has 0 atom stereocenters. The molecule has 15 heavy (non-hydrogen) atoms. The average Bonchev–Trinajstić information content (AvgIpc) is 2.25. The van der Waals surface area contributed by atoms with Crippen LogP contribution >= 0.6 is 12.2 Å². The van der Waals surface area contributed by atoms with E-state index >= 15 is 0 Å². The number of nitrogens with two attached hydrogens (primary N) is 1. The lowest BCUT2D eigenvalue weighted by atomic mass is 10.2. The average molecular weight is 223 g/mol. The lowest BCUT2D eigenvalue weighted by Crippen LogP contribution is -2.25. The Morgan fingerprint density at radius 2 is 2.20 bits per heavy atom. The Kier molecular flexibility index (Phi) is 4.11. The molecule has 1 aromatic heterocycles. The van der Waals surface area contributed by atoms with Gasteiger partial charge >= 0.3 is 0 Å². The van der Waals surface area contributed by atoms with Gasteiger partial charge in [-0.2, -0.15) is 5.10 Å². The minimum atomic E-state index is 0.135. The van der Waals surface area contributed by atoms with Gasteiger partial charge in [-0.3, -0.25) is 15.4 Å². The summed E-state index contributed by atoms with van der Waals surface area (Å²) in [5, 5.41) is 4.14. The van der Waals surface area contributed by atoms with Crippen LogP contribution in [0.25, 0.3) is 0 Å². The van der Waals surface area contributed by atoms with E-state index in [0.29, 0.717) is 5.71 Å². The fourth-order valence-corrected chi connectivity index (χ4v) is 1.17. The van der Waals surface area contributed by atoms with Crippen LogP contribution in [0, 0.1) is 0 Å². The molecule has 0 bridgehead atoms. The maximum absolute atomic E-state index is 5.27. The summed E-state index contributed by atoms with van der Waals surface area (Å²) < 4.78 is 0. The number of hydrazone groups is 1. The van der Waals surface area contributed by atoms with Gasteiger partial charge in [-0.15, -0.1) is 0 Å². The van der Waals surface area contributed by atoms with Crippen LogP contribution in [-0.2, 0) is 6.42 Å². The van der Waals surface area contributed by atoms with Crippen molar-refractivity contribution in [3.05, 3.63) is 23.8 Å². The zero-order valence-electron chi connectivity index (χ0n) is 8.69. The molecule has 1 heterocycles. The molecular weight excluding hydrogens is 210 g/mol. The standard InChI is InChI=1S/C9H13N5S/c1-3-7-8(12-5-4-11-7)6(2)13-14-9(10)15/h4-5H,3H2,1-2H3,(H3,10,14,15). The van der Waals surface area contributed by atoms with E-state index in [-0.39, 0.29) is 5.11 Å². The van der Waals surface area contributed by atoms with Crippen molar-refractivity contribution < 1.29 is 0 Å². The molecule has 5 nitrogen and oxygen atoms in total. The van der Waals surface area contributed by atoms with Gasteiger partial charge in [0, 0.05) is 12.4 Å². The second-order valence-electron chi connectivity index (χ2n) is 2.88. The zero-order chi connectivity index (χ0) is 11.3. The zero-order valence-corrected chi connectivity index (χ0v) is 9.51. The first kappa shape index (κ1) is 11.5. The summed E-state index contributed by atoms with van der Waals surface area (Å²) in [7, 11) is 0. The van der Waals surface area contributed by atoms with Crippen LogP contribution in [0.4, 0.5) is 0 Å². The van der Waals surface area contributed by atoms with Crippen LogP contribution in [-0.4, -0.2) is 20.8 Å². The Morgan fingerprint density at radius 3 is 2.80 bits per heavy atom. The molecule has 0 aliphatic carbocycles. The van der Waals surface area contributed by atoms with Crippen LogP contribution in [0.3, 0.4) is 0 Å². The maximum atomic E-state index is 5.27. The van der Waals surface area contributed by atoms with Gasteiger partial charge in [-0.25, -0.2) is 0 Å². The predicted molar refractivity (Wildman–Crippen MR) is 63.5 cm³/mol. The number of nitrogens with one attached hydrogen (secondary N) is 1. The minimum Gasteiger partial charge on any atom is -0.375 e. The molecule has 0 amide bonds. The predicted octanol–water partition coefficient (Wildman–Crippen LogP) is 0.596. The van der Waals surface area contributed by atoms with E-state index in [2.05, 4.69) is 32.7 Å². The van der Waals surface area contributed by atoms with Crippen molar-refractivity contribution in [2.24, 2.45) is 10.8 Å². The summed E-state index contributed by atoms with van der Waals surface area (Å²) in [5.41, 5.74) is 10.2. The molecule has 0 saturated carbocycles. The monoisotopic (exact) mass is 223 g/mol. The Hall–Kier alpha value is -1.56. The van der Waals surface area contributed by atoms with Gasteiger partial charge in [0.05, 0.1) is 11.4 Å². The van der Waals surface area contributed by atoms with Crippen LogP contribution in [0.5, 0.6) is 0 Å². The second-order valence-corrected chi connectivity index (χ2v) is 3.32. The smallest absolute Gasteiger partial charge is 0.184 e. The van der Waals surface area contributed by atoms with E-state index < -0.39 is 0 Å². The van der Waals surface area contributed by atoms with Gasteiger partial charge in [0.25, 0.3) is 0 Å². The van der Waals surface area contributed by atoms with Crippen LogP contribution in [0.2, 0.25) is 0 Å². The van der Waals surface area contributed by atoms with Gasteiger partial charge in [-0.1, -0.05) is 6.92 Å². The molecule has 0 radical (unpaired) electrons. The highest BCUT2D eigenvalue weighted by Crippen LogP contribution is 2.03. The first-order valence-corrected chi connectivity index (χ1v) is 4.96. The van der Waals surface area contributed by atoms with Gasteiger partial charge in [-0.05, 0) is 25.6 Å². The molecule has 0 aromatic carbocycles. The van der Waals surface area contributed by atoms with Crippen molar-refractivity contribution in [1.29, 1.82) is 0 Å². The Balaban J connectivity index is 2.94. The molecular formula is C9H13N5S. The summed E-state index contributed by atoms with van der Waals surface area (Å²) in [6, 6.07) is 0. The molecule has 0 saturated heterocycles. The molecule has 0 aliphatic rings. The molecule has 1 rings (SSSR count). The summed E-state index contributed by atoms with van der Waals surface area (Å²) in [4.78, 5) is 8.42. The highest BCUT2D eigenvalue weighted by molar-refractivity contribution is 7.80. The molecule has 0 aliphatic heterocycles. The fourth-order valence-electron chi connectivity index (χ4n) is 1.12. The second kappa shape index (κ2) is 5.35. The van der Waals surface area contributed by atoms with Crippen LogP contribution in [0.1, 0.15) is 25.2 Å². The van der Waals surface area contributed by atoms with E-state index in [1.807, 2.05) is 13.8 Å². The van der Waals surface area contributed by atoms with Crippen molar-refractivity contribution in [2.45, 2.75) is 20.3 Å². The third kappa shape index (κ3) is 3.25. The topological polar surface area (TPSA) is 76.2 Å². The van der Waals surface area contributed by atoms with Gasteiger partial charge < -0.3 is 5.73 Å². The van der Waals surface area contributed by atoms with E-state index in [1.165, 1.54) is 0 Å². The van der Waals surface area contributed by atoms with Gasteiger partial charge in [0.1, 0.15) is 5.69 Å². The van der Waals surface area contributed by atoms with Crippen molar-refractivity contribution in [1.82, 2.24) is 15.4 Å². The molecule has 0 fully saturated rings. The third-order valence-electron chi connectivity index (χ3n) is 1.79. The molecule has 3 N–H and O–H groups in total. The molecule has 0 unspecified atom stereocenters. The normalized spacial score (nSPS) is 11.2. The first-order chi connectivity index (χ1) is 7.15. The third-order valence-corrected chi connectivity index (χ3v) is 1.88. The number of nitrogens with zero attached hydrogens (tertiary/aromatic N) is 3. The SMILES string of the molecule is CCc1nccnc1C(C)=NNC(N)=S. The number of rotatable bonds is 3. The number of thiocarbonyl (C=S) groups is 1. The Bertz CT molecular complexity index is 388. The summed E-state index contributed by atoms with van der Waals surface area (Å²) in [6.45, 7) is 3.84. The van der Waals surface area contributed by atoms with Gasteiger partial charge in [0.15, 0.2) is 5.11 Å². The Morgan fingerprint density at radius 1 is 1.53 bits per heavy atom. The molecule has 6 heteroatoms. The van der Waals surface area contributed by atoms with Crippen molar-refractivity contribution in [3.63, 3.8) is 0 Å². The maximum Gasteiger partial charge on any atom is 0.184 e. The number of aryl methyl sites for hydroxylation is 1. The van der Waals surface area contributed by atoms with Crippen LogP contribution < -0.4 is 11.2 Å². The fraction of sp³-hybridized carbons (Fsp3) is 0.333. The van der Waals surface area contributed by atoms with E-state index in [0.717, 1.165) is 17.8 Å². The quantitative estimate of drug-likeness (QED) is 0.446. The largest absolute Gasteiger partial charge is 0.375 e. The summed E-state index contributed by atoms with van der Waals surface area (Å²) in [5.74, 6) is 0. The highest BCUT2D eigenvalue weighted by atomic mass is 32.1. The minimum absolute atomic E-state index is 0.135. The first-order valence-electron chi connectivity index (χ1n) is 4.55. The van der Waals surface area contributed by atoms with Crippen LogP contribution in [0.15, 0.2) is 17.5 Å². The van der Waals surface area contributed by atoms with Gasteiger partial charge in [0.2, 0.25) is 0 Å². The van der Waals surface area contributed by atoms with Crippen molar-refractivity contribution in [3.8, 4) is 0 Å². The molecule has 1 aromatic rings. The van der Waals surface area contributed by atoms with E-state index in [9.17, 15) is 0 Å². The number of aromatic nitrogens is 2.